The molecule has 1 aromatic carbocycles. The van der Waals surface area contributed by atoms with Crippen LogP contribution < -0.4 is 0 Å². The second-order valence-electron chi connectivity index (χ2n) is 12.0. The van der Waals surface area contributed by atoms with Crippen LogP contribution in [0.1, 0.15) is 62.0 Å². The van der Waals surface area contributed by atoms with Crippen LogP contribution in [0.4, 0.5) is 0 Å². The molecule has 0 N–H and O–H groups in total. The summed E-state index contributed by atoms with van der Waals surface area (Å²) < 4.78 is 0. The summed E-state index contributed by atoms with van der Waals surface area (Å²) in [4.78, 5) is 4.40. The van der Waals surface area contributed by atoms with E-state index in [2.05, 4.69) is 114 Å². The van der Waals surface area contributed by atoms with Crippen molar-refractivity contribution < 1.29 is 0 Å². The molecule has 38 heavy (non-hydrogen) atoms. The molecular formula is C36H37NS. The number of allylic oxidation sites excluding steroid dienone is 10. The molecule has 7 atom stereocenters. The molecule has 1 aromatic rings. The SMILES string of the molecule is C1=CC2Sc3c(C4=CC5C6C=CCCC6N(C6C=CC(C7=CCCCC7)=CC6)C5C=C4)cccc3C2C=C1. The lowest BCUT2D eigenvalue weighted by Crippen LogP contribution is -2.45. The monoisotopic (exact) mass is 515 g/mol. The molecule has 192 valence electrons. The zero-order valence-corrected chi connectivity index (χ0v) is 22.9. The van der Waals surface area contributed by atoms with Gasteiger partial charge >= 0.3 is 0 Å². The first-order valence-corrected chi connectivity index (χ1v) is 15.8. The highest BCUT2D eigenvalue weighted by molar-refractivity contribution is 8.00. The number of likely N-dealkylation sites (tertiary alicyclic amines) is 1. The van der Waals surface area contributed by atoms with E-state index in [1.165, 1.54) is 65.7 Å². The number of nitrogens with zero attached hydrogens (tertiary/aromatic N) is 1. The molecule has 2 heteroatoms. The smallest absolute Gasteiger partial charge is 0.0381 e. The molecule has 1 fully saturated rings. The van der Waals surface area contributed by atoms with Crippen LogP contribution in [0.2, 0.25) is 0 Å². The van der Waals surface area contributed by atoms with Gasteiger partial charge < -0.3 is 0 Å². The molecule has 1 saturated heterocycles. The van der Waals surface area contributed by atoms with Crippen molar-refractivity contribution in [3.05, 3.63) is 119 Å². The Balaban J connectivity index is 1.09. The lowest BCUT2D eigenvalue weighted by atomic mass is 9.79. The average Bonchev–Trinajstić information content (AvgIpc) is 3.53. The molecule has 2 aliphatic heterocycles. The van der Waals surface area contributed by atoms with E-state index in [0.717, 1.165) is 6.42 Å². The van der Waals surface area contributed by atoms with Crippen LogP contribution in [0.5, 0.6) is 0 Å². The van der Waals surface area contributed by atoms with E-state index in [1.54, 1.807) is 5.57 Å². The zero-order valence-electron chi connectivity index (χ0n) is 22.1. The Kier molecular flexibility index (Phi) is 5.88. The summed E-state index contributed by atoms with van der Waals surface area (Å²) in [7, 11) is 0. The average molecular weight is 516 g/mol. The second kappa shape index (κ2) is 9.57. The molecular weight excluding hydrogens is 478 g/mol. The van der Waals surface area contributed by atoms with Gasteiger partial charge in [-0.2, -0.15) is 0 Å². The number of rotatable bonds is 3. The summed E-state index contributed by atoms with van der Waals surface area (Å²) in [5, 5.41) is 0.546. The minimum absolute atomic E-state index is 0.493. The third-order valence-electron chi connectivity index (χ3n) is 10.0. The summed E-state index contributed by atoms with van der Waals surface area (Å²) in [5.74, 6) is 1.70. The molecule has 0 bridgehead atoms. The zero-order chi connectivity index (χ0) is 25.1. The highest BCUT2D eigenvalue weighted by Crippen LogP contribution is 2.52. The molecule has 0 spiro atoms. The maximum atomic E-state index is 2.90. The van der Waals surface area contributed by atoms with Crippen LogP contribution in [0.25, 0.3) is 5.57 Å². The molecule has 7 unspecified atom stereocenters. The van der Waals surface area contributed by atoms with Crippen LogP contribution in [-0.2, 0) is 0 Å². The Hall–Kier alpha value is -2.55. The fraction of sp³-hybridized carbons (Fsp3) is 0.389. The third kappa shape index (κ3) is 3.79. The standard InChI is InChI=1S/C36H37NS/c1-2-9-24(10-3-1)25-17-20-27(21-18-25)37-33-15-6-4-11-29(33)32-23-26(19-22-34(32)37)28-13-8-14-31-30-12-5-7-16-35(30)38-36(28)31/h4-5,7-9,11-14,16-20,22-23,27,29-30,32-35H,1-3,6,10,15,21H2. The van der Waals surface area contributed by atoms with Crippen LogP contribution in [0, 0.1) is 11.8 Å². The van der Waals surface area contributed by atoms with Gasteiger partial charge in [0.05, 0.1) is 0 Å². The first kappa shape index (κ1) is 23.3. The maximum absolute atomic E-state index is 2.90. The quantitative estimate of drug-likeness (QED) is 0.370. The number of thioether (sulfide) groups is 1. The van der Waals surface area contributed by atoms with Gasteiger partial charge in [-0.05, 0) is 72.8 Å². The van der Waals surface area contributed by atoms with Gasteiger partial charge in [-0.3, -0.25) is 4.90 Å². The molecule has 2 heterocycles. The topological polar surface area (TPSA) is 3.24 Å². The fourth-order valence-electron chi connectivity index (χ4n) is 8.23. The van der Waals surface area contributed by atoms with Crippen molar-refractivity contribution in [2.75, 3.05) is 0 Å². The van der Waals surface area contributed by atoms with Crippen LogP contribution in [0.3, 0.4) is 0 Å². The predicted octanol–water partition coefficient (Wildman–Crippen LogP) is 8.71. The van der Waals surface area contributed by atoms with Gasteiger partial charge in [-0.1, -0.05) is 97.2 Å². The lowest BCUT2D eigenvalue weighted by molar-refractivity contribution is 0.157. The highest BCUT2D eigenvalue weighted by atomic mass is 32.2. The van der Waals surface area contributed by atoms with Crippen molar-refractivity contribution in [3.63, 3.8) is 0 Å². The fourth-order valence-corrected chi connectivity index (χ4v) is 9.71. The summed E-state index contributed by atoms with van der Waals surface area (Å²) >= 11 is 2.07. The number of hydrogen-bond donors (Lipinski definition) is 0. The number of fused-ring (bicyclic) bond motifs is 6. The summed E-state index contributed by atoms with van der Waals surface area (Å²) in [6, 6.07) is 8.65. The van der Waals surface area contributed by atoms with E-state index in [1.807, 2.05) is 0 Å². The molecule has 0 aromatic heterocycles. The van der Waals surface area contributed by atoms with Crippen molar-refractivity contribution >= 4 is 17.3 Å². The molecule has 8 rings (SSSR count). The summed E-state index contributed by atoms with van der Waals surface area (Å²) in [6.45, 7) is 0. The van der Waals surface area contributed by atoms with E-state index in [9.17, 15) is 0 Å². The van der Waals surface area contributed by atoms with Crippen molar-refractivity contribution in [2.45, 2.75) is 79.1 Å². The highest BCUT2D eigenvalue weighted by Gasteiger charge is 2.49. The lowest BCUT2D eigenvalue weighted by Gasteiger charge is -2.38. The normalized spacial score (nSPS) is 36.7. The Morgan fingerprint density at radius 1 is 0.842 bits per heavy atom. The Labute approximate surface area is 232 Å². The minimum Gasteiger partial charge on any atom is -0.286 e. The minimum atomic E-state index is 0.493. The molecule has 0 amide bonds. The van der Waals surface area contributed by atoms with E-state index in [4.69, 9.17) is 0 Å². The van der Waals surface area contributed by atoms with Crippen LogP contribution >= 0.6 is 11.8 Å². The van der Waals surface area contributed by atoms with Crippen molar-refractivity contribution in [1.82, 2.24) is 4.90 Å². The third-order valence-corrected chi connectivity index (χ3v) is 11.4. The Morgan fingerprint density at radius 2 is 1.79 bits per heavy atom. The van der Waals surface area contributed by atoms with Crippen molar-refractivity contribution in [1.29, 1.82) is 0 Å². The molecule has 0 radical (unpaired) electrons. The first-order chi connectivity index (χ1) is 18.8. The number of hydrogen-bond acceptors (Lipinski definition) is 2. The Morgan fingerprint density at radius 3 is 2.68 bits per heavy atom. The van der Waals surface area contributed by atoms with Gasteiger partial charge in [0.2, 0.25) is 0 Å². The van der Waals surface area contributed by atoms with E-state index >= 15 is 0 Å². The van der Waals surface area contributed by atoms with Gasteiger partial charge in [-0.25, -0.2) is 0 Å². The van der Waals surface area contributed by atoms with Gasteiger partial charge in [0.25, 0.3) is 0 Å². The summed E-state index contributed by atoms with van der Waals surface area (Å²) in [5.41, 5.74) is 7.49. The van der Waals surface area contributed by atoms with Gasteiger partial charge in [0, 0.05) is 46.0 Å². The van der Waals surface area contributed by atoms with Gasteiger partial charge in [0.15, 0.2) is 0 Å². The van der Waals surface area contributed by atoms with Crippen LogP contribution in [-0.4, -0.2) is 28.3 Å². The van der Waals surface area contributed by atoms with Crippen LogP contribution in [0.15, 0.2) is 113 Å². The molecule has 5 aliphatic carbocycles. The van der Waals surface area contributed by atoms with E-state index in [0.29, 0.717) is 41.1 Å². The van der Waals surface area contributed by atoms with Gasteiger partial charge in [-0.15, -0.1) is 11.8 Å². The number of benzene rings is 1. The summed E-state index contributed by atoms with van der Waals surface area (Å²) in [6.07, 6.45) is 40.8. The molecule has 0 saturated carbocycles. The molecule has 1 nitrogen and oxygen atoms in total. The maximum Gasteiger partial charge on any atom is 0.0381 e. The van der Waals surface area contributed by atoms with Crippen molar-refractivity contribution in [2.24, 2.45) is 11.8 Å². The van der Waals surface area contributed by atoms with Crippen molar-refractivity contribution in [3.8, 4) is 0 Å². The van der Waals surface area contributed by atoms with Gasteiger partial charge in [0.1, 0.15) is 0 Å². The predicted molar refractivity (Wildman–Crippen MR) is 161 cm³/mol. The first-order valence-electron chi connectivity index (χ1n) is 14.9. The van der Waals surface area contributed by atoms with E-state index in [-0.39, 0.29) is 0 Å². The second-order valence-corrected chi connectivity index (χ2v) is 13.2. The molecule has 7 aliphatic rings. The largest absolute Gasteiger partial charge is 0.286 e. The van der Waals surface area contributed by atoms with E-state index < -0.39 is 0 Å². The Bertz CT molecular complexity index is 1380.